The molecule has 0 unspecified atom stereocenters. The number of imide groups is 1. The van der Waals surface area contributed by atoms with E-state index in [1.807, 2.05) is 0 Å². The van der Waals surface area contributed by atoms with E-state index in [1.54, 1.807) is 12.1 Å². The van der Waals surface area contributed by atoms with Gasteiger partial charge in [-0.2, -0.15) is 18.3 Å². The first-order valence-electron chi connectivity index (χ1n) is 8.61. The number of aryl methyl sites for hydroxylation is 1. The lowest BCUT2D eigenvalue weighted by Crippen LogP contribution is -2.32. The molecule has 3 aromatic rings. The Morgan fingerprint density at radius 1 is 0.967 bits per heavy atom. The van der Waals surface area contributed by atoms with Crippen molar-refractivity contribution in [3.05, 3.63) is 82.7 Å². The van der Waals surface area contributed by atoms with Crippen LogP contribution in [0.2, 0.25) is 0 Å². The zero-order chi connectivity index (χ0) is 21.6. The maximum Gasteiger partial charge on any atom is 0.416 e. The molecule has 2 amide bonds. The van der Waals surface area contributed by atoms with Crippen LogP contribution in [0.4, 0.5) is 13.2 Å². The second kappa shape index (κ2) is 6.83. The highest BCUT2D eigenvalue weighted by Crippen LogP contribution is 2.30. The average molecular weight is 415 g/mol. The van der Waals surface area contributed by atoms with Gasteiger partial charge in [0.1, 0.15) is 0 Å². The highest BCUT2D eigenvalue weighted by Gasteiger charge is 2.39. The number of carbonyl (C=O) groups is 3. The molecule has 0 atom stereocenters. The second-order valence-corrected chi connectivity index (χ2v) is 6.46. The van der Waals surface area contributed by atoms with Crippen LogP contribution in [0.15, 0.2) is 54.6 Å². The zero-order valence-electron chi connectivity index (χ0n) is 15.3. The van der Waals surface area contributed by atoms with E-state index in [1.165, 1.54) is 37.3 Å². The third-order valence-electron chi connectivity index (χ3n) is 4.45. The van der Waals surface area contributed by atoms with Gasteiger partial charge >= 0.3 is 12.1 Å². The molecule has 0 aliphatic carbocycles. The van der Waals surface area contributed by atoms with Crippen molar-refractivity contribution in [1.29, 1.82) is 0 Å². The van der Waals surface area contributed by atoms with Crippen molar-refractivity contribution in [2.24, 2.45) is 0 Å². The Morgan fingerprint density at radius 2 is 1.60 bits per heavy atom. The van der Waals surface area contributed by atoms with Crippen LogP contribution >= 0.6 is 0 Å². The largest absolute Gasteiger partial charge is 0.416 e. The molecule has 30 heavy (non-hydrogen) atoms. The lowest BCUT2D eigenvalue weighted by molar-refractivity contribution is -0.137. The van der Waals surface area contributed by atoms with Crippen LogP contribution in [-0.2, 0) is 11.0 Å². The maximum absolute atomic E-state index is 13.0. The normalized spacial score (nSPS) is 13.5. The number of benzene rings is 2. The lowest BCUT2D eigenvalue weighted by Gasteiger charge is -2.11. The molecule has 0 fully saturated rings. The molecule has 0 N–H and O–H groups in total. The van der Waals surface area contributed by atoms with Gasteiger partial charge in [0.15, 0.2) is 5.69 Å². The predicted molar refractivity (Wildman–Crippen MR) is 95.7 cm³/mol. The summed E-state index contributed by atoms with van der Waals surface area (Å²) in [6.07, 6.45) is -4.54. The summed E-state index contributed by atoms with van der Waals surface area (Å²) < 4.78 is 40.0. The van der Waals surface area contributed by atoms with Gasteiger partial charge in [-0.25, -0.2) is 9.48 Å². The number of hydroxylamine groups is 2. The number of fused-ring (bicyclic) bond motifs is 1. The molecule has 1 aliphatic heterocycles. The van der Waals surface area contributed by atoms with Crippen LogP contribution in [0.25, 0.3) is 5.69 Å². The van der Waals surface area contributed by atoms with E-state index in [9.17, 15) is 27.6 Å². The Bertz CT molecular complexity index is 1170. The van der Waals surface area contributed by atoms with Gasteiger partial charge in [-0.15, -0.1) is 0 Å². The molecule has 152 valence electrons. The number of hydrogen-bond acceptors (Lipinski definition) is 5. The number of nitrogens with zero attached hydrogens (tertiary/aromatic N) is 3. The van der Waals surface area contributed by atoms with E-state index < -0.39 is 29.5 Å². The first-order chi connectivity index (χ1) is 14.2. The fourth-order valence-corrected chi connectivity index (χ4v) is 3.03. The summed E-state index contributed by atoms with van der Waals surface area (Å²) >= 11 is 0. The SMILES string of the molecule is Cc1cc(C(=O)ON2C(=O)c3ccccc3C2=O)nn1-c1cccc(C(F)(F)F)c1. The van der Waals surface area contributed by atoms with Crippen LogP contribution in [0.1, 0.15) is 42.5 Å². The highest BCUT2D eigenvalue weighted by atomic mass is 19.4. The molecule has 10 heteroatoms. The summed E-state index contributed by atoms with van der Waals surface area (Å²) in [5.41, 5.74) is -0.515. The van der Waals surface area contributed by atoms with E-state index in [2.05, 4.69) is 5.10 Å². The molecule has 0 spiro atoms. The molecular formula is C20H12F3N3O4. The van der Waals surface area contributed by atoms with Gasteiger partial charge in [0.2, 0.25) is 0 Å². The van der Waals surface area contributed by atoms with Crippen LogP contribution < -0.4 is 0 Å². The molecule has 2 aromatic carbocycles. The van der Waals surface area contributed by atoms with Gasteiger partial charge in [0.25, 0.3) is 11.8 Å². The quantitative estimate of drug-likeness (QED) is 0.611. The molecule has 0 saturated heterocycles. The summed E-state index contributed by atoms with van der Waals surface area (Å²) in [7, 11) is 0. The fraction of sp³-hybridized carbons (Fsp3) is 0.100. The van der Waals surface area contributed by atoms with Crippen molar-refractivity contribution in [2.45, 2.75) is 13.1 Å². The molecular weight excluding hydrogens is 403 g/mol. The van der Waals surface area contributed by atoms with Crippen molar-refractivity contribution in [3.63, 3.8) is 0 Å². The number of halogens is 3. The Balaban J connectivity index is 1.59. The van der Waals surface area contributed by atoms with E-state index in [0.29, 0.717) is 10.8 Å². The summed E-state index contributed by atoms with van der Waals surface area (Å²) in [5, 5.41) is 4.31. The lowest BCUT2D eigenvalue weighted by atomic mass is 10.1. The van der Waals surface area contributed by atoms with Gasteiger partial charge < -0.3 is 4.84 Å². The van der Waals surface area contributed by atoms with Gasteiger partial charge in [0, 0.05) is 5.69 Å². The smallest absolute Gasteiger partial charge is 0.322 e. The minimum absolute atomic E-state index is 0.0853. The van der Waals surface area contributed by atoms with Gasteiger partial charge in [0.05, 0.1) is 22.4 Å². The van der Waals surface area contributed by atoms with E-state index in [0.717, 1.165) is 16.8 Å². The Kier molecular flexibility index (Phi) is 4.41. The summed E-state index contributed by atoms with van der Waals surface area (Å²) in [5.74, 6) is -2.69. The van der Waals surface area contributed by atoms with Crippen molar-refractivity contribution in [2.75, 3.05) is 0 Å². The first kappa shape index (κ1) is 19.4. The number of rotatable bonds is 3. The van der Waals surface area contributed by atoms with Crippen molar-refractivity contribution in [1.82, 2.24) is 14.8 Å². The summed E-state index contributed by atoms with van der Waals surface area (Å²) in [4.78, 5) is 42.0. The van der Waals surface area contributed by atoms with E-state index in [-0.39, 0.29) is 22.5 Å². The Morgan fingerprint density at radius 3 is 2.20 bits per heavy atom. The molecule has 1 aromatic heterocycles. The van der Waals surface area contributed by atoms with Crippen LogP contribution in [0.3, 0.4) is 0 Å². The van der Waals surface area contributed by atoms with Crippen molar-refractivity contribution in [3.8, 4) is 5.69 Å². The van der Waals surface area contributed by atoms with Gasteiger partial charge in [-0.3, -0.25) is 9.59 Å². The first-order valence-corrected chi connectivity index (χ1v) is 8.61. The third kappa shape index (κ3) is 3.21. The van der Waals surface area contributed by atoms with E-state index in [4.69, 9.17) is 4.84 Å². The van der Waals surface area contributed by atoms with Crippen LogP contribution in [-0.4, -0.2) is 32.6 Å². The maximum atomic E-state index is 13.0. The number of amides is 2. The molecule has 2 heterocycles. The fourth-order valence-electron chi connectivity index (χ4n) is 3.03. The minimum atomic E-state index is -4.54. The number of alkyl halides is 3. The Hall–Kier alpha value is -3.95. The molecule has 7 nitrogen and oxygen atoms in total. The monoisotopic (exact) mass is 415 g/mol. The molecule has 4 rings (SSSR count). The molecule has 0 bridgehead atoms. The zero-order valence-corrected chi connectivity index (χ0v) is 15.3. The predicted octanol–water partition coefficient (Wildman–Crippen LogP) is 3.57. The number of carbonyl (C=O) groups excluding carboxylic acids is 3. The molecule has 1 aliphatic rings. The average Bonchev–Trinajstić information content (AvgIpc) is 3.21. The molecule has 0 radical (unpaired) electrons. The Labute approximate surface area is 167 Å². The number of hydrogen-bond donors (Lipinski definition) is 0. The number of aromatic nitrogens is 2. The molecule has 0 saturated carbocycles. The summed E-state index contributed by atoms with van der Waals surface area (Å²) in [6.45, 7) is 1.53. The van der Waals surface area contributed by atoms with Gasteiger partial charge in [-0.1, -0.05) is 23.3 Å². The van der Waals surface area contributed by atoms with Gasteiger partial charge in [-0.05, 0) is 43.3 Å². The standard InChI is InChI=1S/C20H12F3N3O4/c1-11-9-16(24-25(11)13-6-4-5-12(10-13)20(21,22)23)19(29)30-26-17(27)14-7-2-3-8-15(14)18(26)28/h2-10H,1H3. The van der Waals surface area contributed by atoms with Crippen molar-refractivity contribution < 1.29 is 32.4 Å². The topological polar surface area (TPSA) is 81.5 Å². The van der Waals surface area contributed by atoms with Crippen LogP contribution in [0.5, 0.6) is 0 Å². The second-order valence-electron chi connectivity index (χ2n) is 6.46. The van der Waals surface area contributed by atoms with Crippen molar-refractivity contribution >= 4 is 17.8 Å². The third-order valence-corrected chi connectivity index (χ3v) is 4.45. The summed E-state index contributed by atoms with van der Waals surface area (Å²) in [6, 6.07) is 11.7. The van der Waals surface area contributed by atoms with Crippen LogP contribution in [0, 0.1) is 6.92 Å². The minimum Gasteiger partial charge on any atom is -0.322 e. The van der Waals surface area contributed by atoms with E-state index >= 15 is 0 Å². The highest BCUT2D eigenvalue weighted by molar-refractivity contribution is 6.21.